The van der Waals surface area contributed by atoms with Crippen LogP contribution in [0.1, 0.15) is 12.5 Å². The topological polar surface area (TPSA) is 21.3 Å². The van der Waals surface area contributed by atoms with Crippen molar-refractivity contribution in [3.8, 4) is 5.75 Å². The van der Waals surface area contributed by atoms with Crippen LogP contribution in [0, 0.1) is 5.82 Å². The summed E-state index contributed by atoms with van der Waals surface area (Å²) in [5.41, 5.74) is 1.88. The molecule has 1 N–H and O–H groups in total. The number of hydrogen-bond acceptors (Lipinski definition) is 2. The molecule has 2 aromatic rings. The van der Waals surface area contributed by atoms with Crippen LogP contribution in [0.2, 0.25) is 0 Å². The Balaban J connectivity index is 1.96. The molecule has 0 bridgehead atoms. The summed E-state index contributed by atoms with van der Waals surface area (Å²) in [6, 6.07) is 12.8. The van der Waals surface area contributed by atoms with Gasteiger partial charge in [0.05, 0.1) is 11.1 Å². The molecule has 2 aromatic carbocycles. The number of nitrogens with one attached hydrogen (secondary N) is 1. The maximum Gasteiger partial charge on any atom is 0.137 e. The van der Waals surface area contributed by atoms with Crippen molar-refractivity contribution in [2.75, 3.05) is 11.9 Å². The second-order valence-electron chi connectivity index (χ2n) is 4.06. The van der Waals surface area contributed by atoms with Crippen LogP contribution < -0.4 is 10.1 Å². The molecular formula is C15H15BrFNO. The minimum Gasteiger partial charge on any atom is -0.494 e. The molecule has 0 aromatic heterocycles. The second-order valence-corrected chi connectivity index (χ2v) is 4.91. The van der Waals surface area contributed by atoms with Crippen molar-refractivity contribution in [3.05, 3.63) is 58.3 Å². The van der Waals surface area contributed by atoms with E-state index in [2.05, 4.69) is 21.2 Å². The van der Waals surface area contributed by atoms with Crippen molar-refractivity contribution in [3.63, 3.8) is 0 Å². The predicted octanol–water partition coefficient (Wildman–Crippen LogP) is 4.60. The van der Waals surface area contributed by atoms with E-state index in [-0.39, 0.29) is 5.82 Å². The molecule has 0 aliphatic heterocycles. The van der Waals surface area contributed by atoms with Crippen molar-refractivity contribution in [1.29, 1.82) is 0 Å². The largest absolute Gasteiger partial charge is 0.494 e. The molecule has 0 fully saturated rings. The lowest BCUT2D eigenvalue weighted by molar-refractivity contribution is 0.340. The summed E-state index contributed by atoms with van der Waals surface area (Å²) in [4.78, 5) is 0. The van der Waals surface area contributed by atoms with Gasteiger partial charge < -0.3 is 10.1 Å². The fourth-order valence-corrected chi connectivity index (χ4v) is 1.94. The Morgan fingerprint density at radius 1 is 1.16 bits per heavy atom. The van der Waals surface area contributed by atoms with E-state index < -0.39 is 0 Å². The van der Waals surface area contributed by atoms with Gasteiger partial charge in [-0.05, 0) is 64.8 Å². The maximum absolute atomic E-state index is 13.4. The third kappa shape index (κ3) is 3.96. The van der Waals surface area contributed by atoms with E-state index in [0.717, 1.165) is 17.0 Å². The van der Waals surface area contributed by atoms with Gasteiger partial charge in [0.25, 0.3) is 0 Å². The lowest BCUT2D eigenvalue weighted by Crippen LogP contribution is -2.00. The Morgan fingerprint density at radius 2 is 1.89 bits per heavy atom. The van der Waals surface area contributed by atoms with Crippen LogP contribution in [-0.4, -0.2) is 6.61 Å². The Labute approximate surface area is 120 Å². The molecule has 0 atom stereocenters. The van der Waals surface area contributed by atoms with Gasteiger partial charge in [0.1, 0.15) is 11.6 Å². The van der Waals surface area contributed by atoms with E-state index in [9.17, 15) is 4.39 Å². The van der Waals surface area contributed by atoms with E-state index in [0.29, 0.717) is 17.6 Å². The summed E-state index contributed by atoms with van der Waals surface area (Å²) >= 11 is 3.14. The first kappa shape index (κ1) is 13.9. The monoisotopic (exact) mass is 323 g/mol. The molecule has 100 valence electrons. The van der Waals surface area contributed by atoms with Gasteiger partial charge in [-0.3, -0.25) is 0 Å². The van der Waals surface area contributed by atoms with Gasteiger partial charge in [-0.25, -0.2) is 4.39 Å². The van der Waals surface area contributed by atoms with Crippen LogP contribution in [-0.2, 0) is 6.54 Å². The zero-order valence-corrected chi connectivity index (χ0v) is 12.2. The van der Waals surface area contributed by atoms with Crippen LogP contribution in [0.4, 0.5) is 10.1 Å². The van der Waals surface area contributed by atoms with Crippen molar-refractivity contribution >= 4 is 21.6 Å². The zero-order valence-electron chi connectivity index (χ0n) is 10.6. The molecule has 4 heteroatoms. The molecule has 2 nitrogen and oxygen atoms in total. The molecule has 0 spiro atoms. The number of ether oxygens (including phenoxy) is 1. The normalized spacial score (nSPS) is 10.3. The van der Waals surface area contributed by atoms with Crippen molar-refractivity contribution < 1.29 is 9.13 Å². The Kier molecular flexibility index (Phi) is 4.80. The van der Waals surface area contributed by atoms with Crippen LogP contribution in [0.25, 0.3) is 0 Å². The summed E-state index contributed by atoms with van der Waals surface area (Å²) in [5.74, 6) is 0.605. The summed E-state index contributed by atoms with van der Waals surface area (Å²) < 4.78 is 19.2. The van der Waals surface area contributed by atoms with Crippen LogP contribution in [0.5, 0.6) is 5.75 Å². The fourth-order valence-electron chi connectivity index (χ4n) is 1.69. The molecule has 19 heavy (non-hydrogen) atoms. The first-order valence-corrected chi connectivity index (χ1v) is 6.89. The standard InChI is InChI=1S/C15H15BrFNO/c1-2-19-13-6-4-12(5-7-13)18-10-11-3-8-14(16)15(17)9-11/h3-9,18H,2,10H2,1H3. The molecule has 0 aliphatic rings. The predicted molar refractivity (Wildman–Crippen MR) is 79.0 cm³/mol. The molecule has 0 saturated heterocycles. The minimum atomic E-state index is -0.244. The van der Waals surface area contributed by atoms with Crippen molar-refractivity contribution in [2.45, 2.75) is 13.5 Å². The highest BCUT2D eigenvalue weighted by Crippen LogP contribution is 2.19. The van der Waals surface area contributed by atoms with E-state index >= 15 is 0 Å². The summed E-state index contributed by atoms with van der Waals surface area (Å²) in [5, 5.41) is 3.24. The van der Waals surface area contributed by atoms with Gasteiger partial charge in [0, 0.05) is 12.2 Å². The van der Waals surface area contributed by atoms with E-state index in [4.69, 9.17) is 4.74 Å². The highest BCUT2D eigenvalue weighted by molar-refractivity contribution is 9.10. The quantitative estimate of drug-likeness (QED) is 0.868. The molecular weight excluding hydrogens is 309 g/mol. The Hall–Kier alpha value is -1.55. The second kappa shape index (κ2) is 6.57. The van der Waals surface area contributed by atoms with E-state index in [1.165, 1.54) is 6.07 Å². The summed E-state index contributed by atoms with van der Waals surface area (Å²) in [6.45, 7) is 3.19. The SMILES string of the molecule is CCOc1ccc(NCc2ccc(Br)c(F)c2)cc1. The van der Waals surface area contributed by atoms with Crippen molar-refractivity contribution in [2.24, 2.45) is 0 Å². The average Bonchev–Trinajstić information content (AvgIpc) is 2.42. The number of hydrogen-bond donors (Lipinski definition) is 1. The molecule has 0 unspecified atom stereocenters. The van der Waals surface area contributed by atoms with Crippen LogP contribution in [0.3, 0.4) is 0 Å². The Bertz CT molecular complexity index is 542. The summed E-state index contributed by atoms with van der Waals surface area (Å²) in [7, 11) is 0. The molecule has 0 heterocycles. The van der Waals surface area contributed by atoms with E-state index in [1.54, 1.807) is 6.07 Å². The van der Waals surface area contributed by atoms with Gasteiger partial charge in [-0.2, -0.15) is 0 Å². The lowest BCUT2D eigenvalue weighted by atomic mass is 10.2. The number of benzene rings is 2. The average molecular weight is 324 g/mol. The lowest BCUT2D eigenvalue weighted by Gasteiger charge is -2.08. The van der Waals surface area contributed by atoms with Crippen LogP contribution in [0.15, 0.2) is 46.9 Å². The van der Waals surface area contributed by atoms with Gasteiger partial charge in [-0.15, -0.1) is 0 Å². The fraction of sp³-hybridized carbons (Fsp3) is 0.200. The number of rotatable bonds is 5. The van der Waals surface area contributed by atoms with Crippen LogP contribution >= 0.6 is 15.9 Å². The summed E-state index contributed by atoms with van der Waals surface area (Å²) in [6.07, 6.45) is 0. The molecule has 0 radical (unpaired) electrons. The smallest absolute Gasteiger partial charge is 0.137 e. The Morgan fingerprint density at radius 3 is 2.53 bits per heavy atom. The number of halogens is 2. The van der Waals surface area contributed by atoms with Gasteiger partial charge in [-0.1, -0.05) is 6.07 Å². The highest BCUT2D eigenvalue weighted by Gasteiger charge is 2.01. The maximum atomic E-state index is 13.4. The van der Waals surface area contributed by atoms with Gasteiger partial charge >= 0.3 is 0 Å². The third-order valence-electron chi connectivity index (χ3n) is 2.65. The van der Waals surface area contributed by atoms with Gasteiger partial charge in [0.2, 0.25) is 0 Å². The minimum absolute atomic E-state index is 0.244. The molecule has 2 rings (SSSR count). The molecule has 0 aliphatic carbocycles. The van der Waals surface area contributed by atoms with Crippen molar-refractivity contribution in [1.82, 2.24) is 0 Å². The third-order valence-corrected chi connectivity index (χ3v) is 3.29. The molecule has 0 amide bonds. The zero-order chi connectivity index (χ0) is 13.7. The molecule has 0 saturated carbocycles. The van der Waals surface area contributed by atoms with E-state index in [1.807, 2.05) is 37.3 Å². The van der Waals surface area contributed by atoms with Gasteiger partial charge in [0.15, 0.2) is 0 Å². The first-order chi connectivity index (χ1) is 9.19. The highest BCUT2D eigenvalue weighted by atomic mass is 79.9. The number of anilines is 1. The first-order valence-electron chi connectivity index (χ1n) is 6.09.